The second kappa shape index (κ2) is 6.39. The molecule has 0 amide bonds. The van der Waals surface area contributed by atoms with Crippen molar-refractivity contribution in [3.8, 4) is 0 Å². The molecule has 5 nitrogen and oxygen atoms in total. The van der Waals surface area contributed by atoms with Crippen molar-refractivity contribution in [1.29, 1.82) is 0 Å². The summed E-state index contributed by atoms with van der Waals surface area (Å²) >= 11 is 0. The lowest BCUT2D eigenvalue weighted by atomic mass is 9.91. The van der Waals surface area contributed by atoms with Crippen LogP contribution in [0.5, 0.6) is 0 Å². The first-order valence-electron chi connectivity index (χ1n) is 6.92. The average molecular weight is 299 g/mol. The van der Waals surface area contributed by atoms with Crippen molar-refractivity contribution in [2.75, 3.05) is 0 Å². The molecule has 0 aliphatic carbocycles. The average Bonchev–Trinajstić information content (AvgIpc) is 2.44. The molecule has 1 unspecified atom stereocenters. The third-order valence-corrected chi connectivity index (χ3v) is 3.61. The van der Waals surface area contributed by atoms with Gasteiger partial charge in [0.1, 0.15) is 0 Å². The molecule has 0 saturated heterocycles. The predicted molar refractivity (Wildman–Crippen MR) is 82.8 cm³/mol. The van der Waals surface area contributed by atoms with E-state index >= 15 is 0 Å². The molecule has 1 atom stereocenters. The highest BCUT2D eigenvalue weighted by molar-refractivity contribution is 5.91. The first-order chi connectivity index (χ1) is 10.4. The van der Waals surface area contributed by atoms with Crippen molar-refractivity contribution in [1.82, 2.24) is 0 Å². The summed E-state index contributed by atoms with van der Waals surface area (Å²) in [6.45, 7) is 3.47. The fraction of sp³-hybridized carbons (Fsp3) is 0.235. The normalized spacial score (nSPS) is 11.9. The molecule has 1 N–H and O–H groups in total. The van der Waals surface area contributed by atoms with Crippen LogP contribution in [-0.4, -0.2) is 16.0 Å². The molecule has 0 saturated carbocycles. The molecule has 0 radical (unpaired) electrons. The molecule has 0 spiro atoms. The number of hydrogen-bond acceptors (Lipinski definition) is 3. The van der Waals surface area contributed by atoms with E-state index in [2.05, 4.69) is 0 Å². The van der Waals surface area contributed by atoms with E-state index in [1.54, 1.807) is 31.2 Å². The smallest absolute Gasteiger partial charge is 0.336 e. The molecule has 0 fully saturated rings. The molecule has 5 heteroatoms. The zero-order valence-electron chi connectivity index (χ0n) is 12.4. The second-order valence-electron chi connectivity index (χ2n) is 5.34. The Labute approximate surface area is 128 Å². The molecular weight excluding hydrogens is 282 g/mol. The van der Waals surface area contributed by atoms with Crippen molar-refractivity contribution in [3.63, 3.8) is 0 Å². The van der Waals surface area contributed by atoms with Crippen LogP contribution in [0.1, 0.15) is 38.7 Å². The minimum Gasteiger partial charge on any atom is -0.478 e. The third-order valence-electron chi connectivity index (χ3n) is 3.61. The molecule has 0 heterocycles. The first-order valence-corrected chi connectivity index (χ1v) is 6.92. The van der Waals surface area contributed by atoms with E-state index < -0.39 is 16.9 Å². The van der Waals surface area contributed by atoms with Crippen LogP contribution in [0.3, 0.4) is 0 Å². The highest BCUT2D eigenvalue weighted by Crippen LogP contribution is 2.28. The Morgan fingerprint density at radius 3 is 2.41 bits per heavy atom. The van der Waals surface area contributed by atoms with E-state index in [0.717, 1.165) is 11.1 Å². The zero-order valence-corrected chi connectivity index (χ0v) is 12.4. The van der Waals surface area contributed by atoms with Crippen molar-refractivity contribution in [2.45, 2.75) is 26.3 Å². The van der Waals surface area contributed by atoms with E-state index in [-0.39, 0.29) is 17.5 Å². The largest absolute Gasteiger partial charge is 0.478 e. The van der Waals surface area contributed by atoms with E-state index in [1.165, 1.54) is 0 Å². The summed E-state index contributed by atoms with van der Waals surface area (Å²) in [5.41, 5.74) is 2.46. The summed E-state index contributed by atoms with van der Waals surface area (Å²) in [4.78, 5) is 22.6. The Kier molecular flexibility index (Phi) is 4.56. The Morgan fingerprint density at radius 2 is 1.86 bits per heavy atom. The van der Waals surface area contributed by atoms with Crippen molar-refractivity contribution >= 4 is 5.97 Å². The van der Waals surface area contributed by atoms with Crippen LogP contribution >= 0.6 is 0 Å². The van der Waals surface area contributed by atoms with E-state index in [4.69, 9.17) is 0 Å². The maximum atomic E-state index is 11.5. The number of carboxylic acids is 1. The monoisotopic (exact) mass is 299 g/mol. The fourth-order valence-corrected chi connectivity index (χ4v) is 2.69. The summed E-state index contributed by atoms with van der Waals surface area (Å²) in [5, 5.41) is 20.9. The molecule has 22 heavy (non-hydrogen) atoms. The number of aryl methyl sites for hydroxylation is 2. The fourth-order valence-electron chi connectivity index (χ4n) is 2.69. The van der Waals surface area contributed by atoms with E-state index in [1.807, 2.05) is 25.1 Å². The first kappa shape index (κ1) is 15.7. The van der Waals surface area contributed by atoms with Crippen LogP contribution in [0, 0.1) is 24.0 Å². The molecule has 2 rings (SSSR count). The van der Waals surface area contributed by atoms with Gasteiger partial charge in [-0.05, 0) is 31.0 Å². The Balaban J connectivity index is 2.53. The van der Waals surface area contributed by atoms with Gasteiger partial charge in [-0.3, -0.25) is 10.1 Å². The maximum absolute atomic E-state index is 11.5. The van der Waals surface area contributed by atoms with Gasteiger partial charge >= 0.3 is 5.97 Å². The van der Waals surface area contributed by atoms with Crippen LogP contribution < -0.4 is 0 Å². The van der Waals surface area contributed by atoms with Crippen molar-refractivity contribution in [3.05, 3.63) is 80.4 Å². The Bertz CT molecular complexity index is 710. The third kappa shape index (κ3) is 3.31. The van der Waals surface area contributed by atoms with Gasteiger partial charge in [-0.15, -0.1) is 0 Å². The van der Waals surface area contributed by atoms with E-state index in [0.29, 0.717) is 5.56 Å². The Hall–Kier alpha value is -2.69. The lowest BCUT2D eigenvalue weighted by Gasteiger charge is -2.15. The minimum atomic E-state index is -1.13. The number of aromatic carboxylic acids is 1. The summed E-state index contributed by atoms with van der Waals surface area (Å²) in [7, 11) is 0. The number of rotatable bonds is 5. The van der Waals surface area contributed by atoms with Crippen molar-refractivity contribution < 1.29 is 14.8 Å². The highest BCUT2D eigenvalue weighted by Gasteiger charge is 2.29. The van der Waals surface area contributed by atoms with Crippen molar-refractivity contribution in [2.24, 2.45) is 0 Å². The minimum absolute atomic E-state index is 0.0308. The molecule has 0 aliphatic rings. The molecule has 114 valence electrons. The highest BCUT2D eigenvalue weighted by atomic mass is 16.6. The number of nitro groups is 1. The van der Waals surface area contributed by atoms with Gasteiger partial charge in [-0.1, -0.05) is 42.0 Å². The molecule has 0 aromatic heterocycles. The zero-order chi connectivity index (χ0) is 16.3. The van der Waals surface area contributed by atoms with Crippen LogP contribution in [-0.2, 0) is 6.42 Å². The molecular formula is C17H17NO4. The SMILES string of the molecule is Cc1cc(C)c(C(=O)O)c(C(Cc2ccccc2)[N+](=O)[O-])c1. The van der Waals surface area contributed by atoms with Crippen LogP contribution in [0.15, 0.2) is 42.5 Å². The van der Waals surface area contributed by atoms with Gasteiger partial charge in [0.15, 0.2) is 0 Å². The lowest BCUT2D eigenvalue weighted by molar-refractivity contribution is -0.528. The molecule has 0 aliphatic heterocycles. The summed E-state index contributed by atoms with van der Waals surface area (Å²) in [6.07, 6.45) is 0.164. The number of benzene rings is 2. The van der Waals surface area contributed by atoms with Crippen LogP contribution in [0.2, 0.25) is 0 Å². The van der Waals surface area contributed by atoms with Gasteiger partial charge in [0.05, 0.1) is 5.56 Å². The molecule has 2 aromatic carbocycles. The standard InChI is InChI=1S/C17H17NO4/c1-11-8-12(2)16(17(19)20)14(9-11)15(18(21)22)10-13-6-4-3-5-7-13/h3-9,15H,10H2,1-2H3,(H,19,20). The van der Waals surface area contributed by atoms with Gasteiger partial charge in [-0.2, -0.15) is 0 Å². The number of hydrogen-bond donors (Lipinski definition) is 1. The summed E-state index contributed by atoms with van der Waals surface area (Å²) in [5.74, 6) is -1.13. The summed E-state index contributed by atoms with van der Waals surface area (Å²) in [6, 6.07) is 11.3. The lowest BCUT2D eigenvalue weighted by Crippen LogP contribution is -2.18. The van der Waals surface area contributed by atoms with Gasteiger partial charge < -0.3 is 5.11 Å². The molecule has 2 aromatic rings. The van der Waals surface area contributed by atoms with Crippen LogP contribution in [0.25, 0.3) is 0 Å². The van der Waals surface area contributed by atoms with Crippen LogP contribution in [0.4, 0.5) is 0 Å². The summed E-state index contributed by atoms with van der Waals surface area (Å²) < 4.78 is 0. The molecule has 0 bridgehead atoms. The second-order valence-corrected chi connectivity index (χ2v) is 5.34. The number of nitrogens with zero attached hydrogens (tertiary/aromatic N) is 1. The topological polar surface area (TPSA) is 80.4 Å². The predicted octanol–water partition coefficient (Wildman–Crippen LogP) is 3.56. The number of carbonyl (C=O) groups is 1. The Morgan fingerprint density at radius 1 is 1.23 bits per heavy atom. The van der Waals surface area contributed by atoms with Gasteiger partial charge in [-0.25, -0.2) is 4.79 Å². The van der Waals surface area contributed by atoms with E-state index in [9.17, 15) is 20.0 Å². The van der Waals surface area contributed by atoms with Gasteiger partial charge in [0.2, 0.25) is 6.04 Å². The maximum Gasteiger partial charge on any atom is 0.336 e. The van der Waals surface area contributed by atoms with Gasteiger partial charge in [0, 0.05) is 16.9 Å². The van der Waals surface area contributed by atoms with Gasteiger partial charge in [0.25, 0.3) is 0 Å². The number of carboxylic acid groups (broad SMARTS) is 1. The quantitative estimate of drug-likeness (QED) is 0.676.